The summed E-state index contributed by atoms with van der Waals surface area (Å²) in [4.78, 5) is 21.1. The van der Waals surface area contributed by atoms with Crippen molar-refractivity contribution in [1.29, 1.82) is 0 Å². The molecule has 1 heterocycles. The van der Waals surface area contributed by atoms with E-state index in [1.165, 1.54) is 12.1 Å². The Balaban J connectivity index is 0.000000771. The van der Waals surface area contributed by atoms with Gasteiger partial charge in [-0.2, -0.15) is 5.01 Å². The van der Waals surface area contributed by atoms with Gasteiger partial charge in [-0.15, -0.1) is 9.81 Å². The first-order valence-corrected chi connectivity index (χ1v) is 5.38. The minimum Gasteiger partial charge on any atom is -0.346 e. The van der Waals surface area contributed by atoms with Gasteiger partial charge < -0.3 is 10.2 Å². The van der Waals surface area contributed by atoms with Crippen LogP contribution in [0.3, 0.4) is 0 Å². The fraction of sp³-hybridized carbons (Fsp3) is 0.400. The van der Waals surface area contributed by atoms with Crippen LogP contribution in [0, 0.1) is 9.81 Å². The van der Waals surface area contributed by atoms with E-state index >= 15 is 0 Å². The second kappa shape index (κ2) is 5.52. The molecule has 0 saturated heterocycles. The number of anilines is 2. The molecule has 1 aliphatic rings. The number of hydrogen-bond acceptors (Lipinski definition) is 6. The minimum absolute atomic E-state index is 0.105. The molecular weight excluding hydrogens is 240 g/mol. The van der Waals surface area contributed by atoms with Gasteiger partial charge >= 0.3 is 0 Å². The van der Waals surface area contributed by atoms with E-state index in [0.29, 0.717) is 5.01 Å². The molecule has 0 amide bonds. The molecule has 8 nitrogen and oxygen atoms in total. The molecule has 2 N–H and O–H groups in total. The number of β-amino-alcohol motifs (C(OH)–C–C–N with tert-alkyl or cyclic N) is 2. The molecule has 1 aliphatic heterocycles. The molecule has 0 radical (unpaired) electrons. The number of aliphatic hydroxyl groups is 2. The van der Waals surface area contributed by atoms with Crippen molar-refractivity contribution in [3.63, 3.8) is 0 Å². The van der Waals surface area contributed by atoms with E-state index in [2.05, 4.69) is 10.6 Å². The number of benzene rings is 1. The number of fused-ring (bicyclic) bond motifs is 1. The van der Waals surface area contributed by atoms with E-state index in [0.717, 1.165) is 5.01 Å². The molecule has 0 bridgehead atoms. The lowest BCUT2D eigenvalue weighted by Gasteiger charge is -2.38. The predicted octanol–water partition coefficient (Wildman–Crippen LogP) is 1.34. The van der Waals surface area contributed by atoms with Crippen molar-refractivity contribution >= 4 is 11.4 Å². The van der Waals surface area contributed by atoms with Crippen LogP contribution in [0.25, 0.3) is 0 Å². The van der Waals surface area contributed by atoms with Gasteiger partial charge in [-0.05, 0) is 12.1 Å². The Labute approximate surface area is 103 Å². The van der Waals surface area contributed by atoms with Crippen LogP contribution in [0.1, 0.15) is 13.8 Å². The Kier molecular flexibility index (Phi) is 4.29. The first-order chi connectivity index (χ1) is 8.60. The lowest BCUT2D eigenvalue weighted by Crippen LogP contribution is -2.56. The molecule has 0 aromatic heterocycles. The first kappa shape index (κ1) is 14.0. The zero-order valence-electron chi connectivity index (χ0n) is 10.0. The lowest BCUT2D eigenvalue weighted by atomic mass is 10.2. The third-order valence-corrected chi connectivity index (χ3v) is 2.27. The Bertz CT molecular complexity index is 438. The highest BCUT2D eigenvalue weighted by Crippen LogP contribution is 2.37. The Morgan fingerprint density at radius 2 is 1.67 bits per heavy atom. The molecule has 0 saturated carbocycles. The highest BCUT2D eigenvalue weighted by molar-refractivity contribution is 5.73. The lowest BCUT2D eigenvalue weighted by molar-refractivity contribution is -0.155. The number of hydrogen-bond donors (Lipinski definition) is 2. The van der Waals surface area contributed by atoms with Gasteiger partial charge in [-0.3, -0.25) is 0 Å². The summed E-state index contributed by atoms with van der Waals surface area (Å²) >= 11 is 0. The first-order valence-electron chi connectivity index (χ1n) is 5.38. The van der Waals surface area contributed by atoms with Crippen LogP contribution in [-0.2, 0) is 0 Å². The molecule has 8 heteroatoms. The summed E-state index contributed by atoms with van der Waals surface area (Å²) in [5.74, 6) is -2.55. The van der Waals surface area contributed by atoms with Crippen LogP contribution >= 0.6 is 0 Å². The number of para-hydroxylation sites is 2. The van der Waals surface area contributed by atoms with Gasteiger partial charge in [0.1, 0.15) is 6.54 Å². The van der Waals surface area contributed by atoms with E-state index in [9.17, 15) is 20.0 Å². The topological polar surface area (TPSA) is 106 Å². The molecule has 0 fully saturated rings. The summed E-state index contributed by atoms with van der Waals surface area (Å²) in [6.07, 6.45) is 0. The van der Waals surface area contributed by atoms with Gasteiger partial charge in [0.25, 0.3) is 5.91 Å². The summed E-state index contributed by atoms with van der Waals surface area (Å²) in [7, 11) is 0. The van der Waals surface area contributed by atoms with Crippen LogP contribution in [-0.4, -0.2) is 22.7 Å². The summed E-state index contributed by atoms with van der Waals surface area (Å²) in [6.45, 7) is 3.44. The van der Waals surface area contributed by atoms with E-state index in [1.54, 1.807) is 12.1 Å². The van der Waals surface area contributed by atoms with Crippen LogP contribution in [0.4, 0.5) is 11.4 Å². The SMILES string of the molecule is CC.O=NN1CC(O)(O)N(N=O)c2ccccc21. The largest absolute Gasteiger partial charge is 0.346 e. The molecule has 2 rings (SSSR count). The van der Waals surface area contributed by atoms with Crippen LogP contribution in [0.15, 0.2) is 34.8 Å². The Morgan fingerprint density at radius 3 is 2.17 bits per heavy atom. The van der Waals surface area contributed by atoms with Crippen molar-refractivity contribution in [3.8, 4) is 0 Å². The van der Waals surface area contributed by atoms with Crippen molar-refractivity contribution in [2.45, 2.75) is 19.8 Å². The van der Waals surface area contributed by atoms with Crippen LogP contribution in [0.5, 0.6) is 0 Å². The zero-order chi connectivity index (χ0) is 13.8. The van der Waals surface area contributed by atoms with E-state index in [1.807, 2.05) is 13.8 Å². The quantitative estimate of drug-likeness (QED) is 0.609. The average Bonchev–Trinajstić information content (AvgIpc) is 2.39. The molecule has 98 valence electrons. The molecule has 1 aromatic carbocycles. The monoisotopic (exact) mass is 254 g/mol. The number of nitroso groups, excluding NO2 is 2. The van der Waals surface area contributed by atoms with Crippen molar-refractivity contribution in [2.24, 2.45) is 10.6 Å². The normalized spacial score (nSPS) is 16.2. The molecule has 0 spiro atoms. The maximum absolute atomic E-state index is 10.6. The standard InChI is InChI=1S/C8H8N4O4.C2H6/c13-8(14)5-11(9-15)6-3-1-2-4-7(6)12(8)10-16;1-2/h1-4,13-14H,5H2;1-2H3. The highest BCUT2D eigenvalue weighted by atomic mass is 16.5. The van der Waals surface area contributed by atoms with Crippen molar-refractivity contribution in [1.82, 2.24) is 0 Å². The summed E-state index contributed by atoms with van der Waals surface area (Å²) in [6, 6.07) is 6.14. The van der Waals surface area contributed by atoms with Gasteiger partial charge in [-0.1, -0.05) is 26.0 Å². The van der Waals surface area contributed by atoms with Gasteiger partial charge in [0.05, 0.1) is 21.9 Å². The van der Waals surface area contributed by atoms with Crippen LogP contribution in [0.2, 0.25) is 0 Å². The fourth-order valence-electron chi connectivity index (χ4n) is 1.59. The van der Waals surface area contributed by atoms with Crippen molar-refractivity contribution < 1.29 is 10.2 Å². The maximum Gasteiger partial charge on any atom is 0.289 e. The second-order valence-electron chi connectivity index (χ2n) is 3.30. The molecule has 0 unspecified atom stereocenters. The second-order valence-corrected chi connectivity index (χ2v) is 3.30. The maximum atomic E-state index is 10.6. The third-order valence-electron chi connectivity index (χ3n) is 2.27. The number of nitrogens with zero attached hydrogens (tertiary/aromatic N) is 4. The molecular formula is C10H14N4O4. The van der Waals surface area contributed by atoms with E-state index in [-0.39, 0.29) is 11.4 Å². The van der Waals surface area contributed by atoms with E-state index in [4.69, 9.17) is 0 Å². The summed E-state index contributed by atoms with van der Waals surface area (Å²) < 4.78 is 0. The number of rotatable bonds is 2. The van der Waals surface area contributed by atoms with Gasteiger partial charge in [-0.25, -0.2) is 5.01 Å². The van der Waals surface area contributed by atoms with Crippen LogP contribution < -0.4 is 10.0 Å². The predicted molar refractivity (Wildman–Crippen MR) is 66.4 cm³/mol. The fourth-order valence-corrected chi connectivity index (χ4v) is 1.59. The minimum atomic E-state index is -2.55. The third kappa shape index (κ3) is 2.29. The molecule has 1 aromatic rings. The summed E-state index contributed by atoms with van der Waals surface area (Å²) in [5, 5.41) is 25.6. The summed E-state index contributed by atoms with van der Waals surface area (Å²) in [5.41, 5.74) is 0.393. The van der Waals surface area contributed by atoms with Crippen molar-refractivity contribution in [3.05, 3.63) is 34.1 Å². The van der Waals surface area contributed by atoms with Gasteiger partial charge in [0.2, 0.25) is 0 Å². The van der Waals surface area contributed by atoms with Gasteiger partial charge in [0.15, 0.2) is 0 Å². The van der Waals surface area contributed by atoms with Crippen molar-refractivity contribution in [2.75, 3.05) is 16.6 Å². The van der Waals surface area contributed by atoms with Gasteiger partial charge in [0, 0.05) is 0 Å². The van der Waals surface area contributed by atoms with E-state index < -0.39 is 12.5 Å². The highest BCUT2D eigenvalue weighted by Gasteiger charge is 2.43. The smallest absolute Gasteiger partial charge is 0.289 e. The molecule has 18 heavy (non-hydrogen) atoms. The Hall–Kier alpha value is -2.06. The molecule has 0 atom stereocenters. The molecule has 0 aliphatic carbocycles. The average molecular weight is 254 g/mol. The Morgan fingerprint density at radius 1 is 1.11 bits per heavy atom. The zero-order valence-corrected chi connectivity index (χ0v) is 10.0.